The van der Waals surface area contributed by atoms with E-state index >= 15 is 0 Å². The van der Waals surface area contributed by atoms with Crippen LogP contribution < -0.4 is 4.74 Å². The van der Waals surface area contributed by atoms with Gasteiger partial charge in [0.1, 0.15) is 11.5 Å². The van der Waals surface area contributed by atoms with Crippen molar-refractivity contribution in [3.8, 4) is 23.0 Å². The highest BCUT2D eigenvalue weighted by Gasteiger charge is 2.62. The first kappa shape index (κ1) is 48.2. The molecule has 0 amide bonds. The van der Waals surface area contributed by atoms with Gasteiger partial charge in [-0.3, -0.25) is 19.2 Å². The Balaban J connectivity index is 1.32. The summed E-state index contributed by atoms with van der Waals surface area (Å²) in [7, 11) is 0. The number of ether oxygens (including phenoxy) is 1. The lowest BCUT2D eigenvalue weighted by molar-refractivity contribution is -0.148. The van der Waals surface area contributed by atoms with Gasteiger partial charge in [0.15, 0.2) is 23.0 Å². The molecule has 2 fully saturated rings. The number of benzene rings is 2. The average molecular weight is 839 g/mol. The minimum absolute atomic E-state index is 0.0389. The summed E-state index contributed by atoms with van der Waals surface area (Å²) < 4.78 is 6.26. The standard InChI is InChI=1S/C48H70O12/c1-45(2,41(52)53)23-13-5-10-19-34-30-38(37(50)29-33(34)18-11-6-15-25-47(27-28-47)43(56)57)60-39-31-48(39,44(58)59)26-16-7-9-17-32-21-22-36(49)40(51)35(32)20-12-8-14-24-46(3,4)42(54)55/h21-22,29-30,39,49-51H,5-20,23-28,31H2,1-4H3,(H,52,53)(H,54,55)(H,56,57)(H,58,59). The van der Waals surface area contributed by atoms with Gasteiger partial charge >= 0.3 is 23.9 Å². The van der Waals surface area contributed by atoms with Gasteiger partial charge in [0.2, 0.25) is 0 Å². The summed E-state index contributed by atoms with van der Waals surface area (Å²) in [6.45, 7) is 6.88. The number of phenols is 3. The molecule has 334 valence electrons. The minimum Gasteiger partial charge on any atom is -0.504 e. The summed E-state index contributed by atoms with van der Waals surface area (Å²) in [5.41, 5.74) is 0.425. The van der Waals surface area contributed by atoms with Crippen LogP contribution in [0.15, 0.2) is 24.3 Å². The Hall–Kier alpha value is -4.48. The monoisotopic (exact) mass is 838 g/mol. The Kier molecular flexibility index (Phi) is 16.8. The van der Waals surface area contributed by atoms with Crippen molar-refractivity contribution in [3.63, 3.8) is 0 Å². The lowest BCUT2D eigenvalue weighted by atomic mass is 9.86. The zero-order valence-corrected chi connectivity index (χ0v) is 36.3. The number of phenolic OH excluding ortho intramolecular Hbond substituents is 3. The number of aromatic hydroxyl groups is 3. The molecule has 2 aromatic rings. The van der Waals surface area contributed by atoms with Crippen LogP contribution in [0.3, 0.4) is 0 Å². The number of rotatable bonds is 30. The Morgan fingerprint density at radius 2 is 1.10 bits per heavy atom. The van der Waals surface area contributed by atoms with Gasteiger partial charge in [-0.25, -0.2) is 0 Å². The molecule has 12 nitrogen and oxygen atoms in total. The van der Waals surface area contributed by atoms with E-state index in [4.69, 9.17) is 4.74 Å². The van der Waals surface area contributed by atoms with E-state index in [9.17, 15) is 54.9 Å². The van der Waals surface area contributed by atoms with Crippen LogP contribution in [0.5, 0.6) is 23.0 Å². The van der Waals surface area contributed by atoms with E-state index in [0.717, 1.165) is 100 Å². The lowest BCUT2D eigenvalue weighted by Crippen LogP contribution is -2.23. The number of carboxylic acid groups (broad SMARTS) is 4. The predicted molar refractivity (Wildman–Crippen MR) is 228 cm³/mol. The summed E-state index contributed by atoms with van der Waals surface area (Å²) in [4.78, 5) is 47.2. The highest BCUT2D eigenvalue weighted by atomic mass is 16.5. The Morgan fingerprint density at radius 3 is 1.62 bits per heavy atom. The first-order chi connectivity index (χ1) is 28.2. The molecule has 0 spiro atoms. The normalized spacial score (nSPS) is 18.2. The number of hydrogen-bond donors (Lipinski definition) is 7. The third-order valence-corrected chi connectivity index (χ3v) is 13.5. The molecule has 7 N–H and O–H groups in total. The van der Waals surface area contributed by atoms with Crippen molar-refractivity contribution in [3.05, 3.63) is 46.5 Å². The summed E-state index contributed by atoms with van der Waals surface area (Å²) in [5, 5.41) is 70.7. The SMILES string of the molecule is CC(C)(CCCCCc1cc(OC2CC2(CCCCCc2ccc(O)c(O)c2CCCCCC(C)(C)C(=O)O)C(=O)O)c(O)cc1CCCCCC1(C(=O)O)CC1)C(=O)O. The number of aliphatic carboxylic acids is 4. The van der Waals surface area contributed by atoms with Crippen molar-refractivity contribution in [2.45, 2.75) is 181 Å². The number of aryl methyl sites for hydroxylation is 3. The molecule has 0 heterocycles. The van der Waals surface area contributed by atoms with Crippen LogP contribution in [0.25, 0.3) is 0 Å². The maximum Gasteiger partial charge on any atom is 0.313 e. The van der Waals surface area contributed by atoms with Crippen molar-refractivity contribution < 1.29 is 59.7 Å². The van der Waals surface area contributed by atoms with E-state index < -0.39 is 51.6 Å². The zero-order chi connectivity index (χ0) is 44.3. The highest BCUT2D eigenvalue weighted by molar-refractivity contribution is 5.79. The lowest BCUT2D eigenvalue weighted by Gasteiger charge is -2.19. The fourth-order valence-corrected chi connectivity index (χ4v) is 8.50. The number of hydrogen-bond acceptors (Lipinski definition) is 8. The summed E-state index contributed by atoms with van der Waals surface area (Å²) in [6.07, 6.45) is 15.4. The molecular formula is C48H70O12. The van der Waals surface area contributed by atoms with Gasteiger partial charge in [-0.15, -0.1) is 0 Å². The fourth-order valence-electron chi connectivity index (χ4n) is 8.50. The molecule has 0 radical (unpaired) electrons. The molecule has 2 saturated carbocycles. The van der Waals surface area contributed by atoms with Gasteiger partial charge < -0.3 is 40.5 Å². The first-order valence-electron chi connectivity index (χ1n) is 22.2. The van der Waals surface area contributed by atoms with Crippen LogP contribution in [0, 0.1) is 21.7 Å². The second kappa shape index (κ2) is 20.9. The van der Waals surface area contributed by atoms with E-state index in [0.29, 0.717) is 69.8 Å². The number of carbonyl (C=O) groups is 4. The fraction of sp³-hybridized carbons (Fsp3) is 0.667. The van der Waals surface area contributed by atoms with Crippen LogP contribution in [-0.2, 0) is 44.9 Å². The largest absolute Gasteiger partial charge is 0.504 e. The topological polar surface area (TPSA) is 219 Å². The van der Waals surface area contributed by atoms with Gasteiger partial charge in [0.05, 0.1) is 16.2 Å². The molecule has 60 heavy (non-hydrogen) atoms. The van der Waals surface area contributed by atoms with Crippen LogP contribution in [0.2, 0.25) is 0 Å². The zero-order valence-electron chi connectivity index (χ0n) is 36.3. The molecular weight excluding hydrogens is 769 g/mol. The third-order valence-electron chi connectivity index (χ3n) is 13.5. The Morgan fingerprint density at radius 1 is 0.600 bits per heavy atom. The second-order valence-electron chi connectivity index (χ2n) is 19.1. The maximum absolute atomic E-state index is 12.6. The molecule has 4 rings (SSSR count). The molecule has 2 atom stereocenters. The van der Waals surface area contributed by atoms with E-state index in [1.54, 1.807) is 33.8 Å². The van der Waals surface area contributed by atoms with Crippen molar-refractivity contribution in [1.29, 1.82) is 0 Å². The van der Waals surface area contributed by atoms with Gasteiger partial charge in [-0.2, -0.15) is 0 Å². The Bertz CT molecular complexity index is 1810. The summed E-state index contributed by atoms with van der Waals surface area (Å²) in [5.74, 6) is -3.36. The van der Waals surface area contributed by atoms with E-state index in [1.807, 2.05) is 12.1 Å². The first-order valence-corrected chi connectivity index (χ1v) is 22.2. The minimum atomic E-state index is -1.06. The number of unbranched alkanes of at least 4 members (excludes halogenated alkanes) is 8. The molecule has 0 aliphatic heterocycles. The predicted octanol–water partition coefficient (Wildman–Crippen LogP) is 10.2. The number of carboxylic acids is 4. The van der Waals surface area contributed by atoms with Gasteiger partial charge in [0, 0.05) is 12.0 Å². The van der Waals surface area contributed by atoms with E-state index in [-0.39, 0.29) is 23.0 Å². The third kappa shape index (κ3) is 13.0. The maximum atomic E-state index is 12.6. The Labute approximate surface area is 355 Å². The van der Waals surface area contributed by atoms with Gasteiger partial charge in [-0.05, 0) is 152 Å². The van der Waals surface area contributed by atoms with Gasteiger partial charge in [-0.1, -0.05) is 57.4 Å². The summed E-state index contributed by atoms with van der Waals surface area (Å²) >= 11 is 0. The van der Waals surface area contributed by atoms with Crippen molar-refractivity contribution in [2.24, 2.45) is 21.7 Å². The molecule has 0 saturated heterocycles. The van der Waals surface area contributed by atoms with Crippen molar-refractivity contribution >= 4 is 23.9 Å². The smallest absolute Gasteiger partial charge is 0.313 e. The van der Waals surface area contributed by atoms with Crippen LogP contribution in [0.4, 0.5) is 0 Å². The highest BCUT2D eigenvalue weighted by Crippen LogP contribution is 2.54. The summed E-state index contributed by atoms with van der Waals surface area (Å²) in [6, 6.07) is 6.86. The van der Waals surface area contributed by atoms with Gasteiger partial charge in [0.25, 0.3) is 0 Å². The van der Waals surface area contributed by atoms with E-state index in [2.05, 4.69) is 0 Å². The quantitative estimate of drug-likeness (QED) is 0.0289. The molecule has 2 aliphatic carbocycles. The second-order valence-corrected chi connectivity index (χ2v) is 19.1. The van der Waals surface area contributed by atoms with Crippen LogP contribution in [-0.4, -0.2) is 65.7 Å². The molecule has 2 unspecified atom stereocenters. The molecule has 2 aliphatic rings. The van der Waals surface area contributed by atoms with Crippen LogP contribution in [0.1, 0.15) is 172 Å². The molecule has 0 bridgehead atoms. The van der Waals surface area contributed by atoms with E-state index in [1.165, 1.54) is 6.07 Å². The van der Waals surface area contributed by atoms with Crippen molar-refractivity contribution in [2.75, 3.05) is 0 Å². The van der Waals surface area contributed by atoms with Crippen LogP contribution >= 0.6 is 0 Å². The van der Waals surface area contributed by atoms with Crippen molar-refractivity contribution in [1.82, 2.24) is 0 Å². The average Bonchev–Trinajstić information content (AvgIpc) is 4.11. The molecule has 0 aromatic heterocycles. The molecule has 12 heteroatoms. The molecule has 2 aromatic carbocycles.